The first kappa shape index (κ1) is 8.22. The lowest BCUT2D eigenvalue weighted by molar-refractivity contribution is 0.790. The van der Waals surface area contributed by atoms with Gasteiger partial charge in [-0.1, -0.05) is 13.3 Å². The van der Waals surface area contributed by atoms with Crippen molar-refractivity contribution in [1.29, 1.82) is 5.26 Å². The number of rotatable bonds is 3. The molecule has 0 saturated heterocycles. The van der Waals surface area contributed by atoms with Crippen molar-refractivity contribution in [2.75, 3.05) is 0 Å². The van der Waals surface area contributed by atoms with Crippen molar-refractivity contribution in [3.63, 3.8) is 0 Å². The monoisotopic (exact) mass is 166 g/mol. The standard InChI is InChI=1S/C8H10N2S/c1-2-3-4-8-10-6-7(5-9)11-8/h6H,2-4H2,1H3. The minimum atomic E-state index is 0.719. The second kappa shape index (κ2) is 4.09. The van der Waals surface area contributed by atoms with E-state index in [4.69, 9.17) is 5.26 Å². The van der Waals surface area contributed by atoms with E-state index in [1.807, 2.05) is 0 Å². The summed E-state index contributed by atoms with van der Waals surface area (Å²) in [4.78, 5) is 4.84. The highest BCUT2D eigenvalue weighted by Gasteiger charge is 1.98. The van der Waals surface area contributed by atoms with Crippen LogP contribution in [-0.4, -0.2) is 4.98 Å². The molecule has 0 aliphatic heterocycles. The third-order valence-corrected chi connectivity index (χ3v) is 2.37. The van der Waals surface area contributed by atoms with Gasteiger partial charge in [0.2, 0.25) is 0 Å². The molecule has 2 nitrogen and oxygen atoms in total. The molecule has 0 amide bonds. The van der Waals surface area contributed by atoms with Gasteiger partial charge in [-0.05, 0) is 12.8 Å². The second-order valence-electron chi connectivity index (χ2n) is 2.33. The van der Waals surface area contributed by atoms with Crippen molar-refractivity contribution in [3.05, 3.63) is 16.1 Å². The fraction of sp³-hybridized carbons (Fsp3) is 0.500. The molecule has 0 aliphatic rings. The van der Waals surface area contributed by atoms with Gasteiger partial charge in [-0.25, -0.2) is 4.98 Å². The first-order valence-corrected chi connectivity index (χ1v) is 4.53. The zero-order chi connectivity index (χ0) is 8.10. The summed E-state index contributed by atoms with van der Waals surface area (Å²) in [5, 5.41) is 9.58. The van der Waals surface area contributed by atoms with Crippen LogP contribution in [0.25, 0.3) is 0 Å². The van der Waals surface area contributed by atoms with E-state index >= 15 is 0 Å². The predicted molar refractivity (Wildman–Crippen MR) is 45.4 cm³/mol. The molecule has 0 radical (unpaired) electrons. The van der Waals surface area contributed by atoms with Gasteiger partial charge in [0, 0.05) is 0 Å². The van der Waals surface area contributed by atoms with Crippen LogP contribution in [0.4, 0.5) is 0 Å². The molecule has 1 heterocycles. The summed E-state index contributed by atoms with van der Waals surface area (Å²) in [5.74, 6) is 0. The molecule has 11 heavy (non-hydrogen) atoms. The van der Waals surface area contributed by atoms with E-state index < -0.39 is 0 Å². The van der Waals surface area contributed by atoms with E-state index in [0.29, 0.717) is 0 Å². The van der Waals surface area contributed by atoms with Crippen molar-refractivity contribution in [3.8, 4) is 6.07 Å². The summed E-state index contributed by atoms with van der Waals surface area (Å²) < 4.78 is 0. The third kappa shape index (κ3) is 2.32. The van der Waals surface area contributed by atoms with Crippen molar-refractivity contribution >= 4 is 11.3 Å². The summed E-state index contributed by atoms with van der Waals surface area (Å²) in [5.41, 5.74) is 0. The third-order valence-electron chi connectivity index (χ3n) is 1.41. The maximum absolute atomic E-state index is 8.50. The van der Waals surface area contributed by atoms with Crippen LogP contribution in [0, 0.1) is 11.3 Å². The lowest BCUT2D eigenvalue weighted by atomic mass is 10.3. The molecule has 3 heteroatoms. The van der Waals surface area contributed by atoms with Crippen molar-refractivity contribution in [2.45, 2.75) is 26.2 Å². The molecule has 0 spiro atoms. The Morgan fingerprint density at radius 2 is 2.55 bits per heavy atom. The fourth-order valence-electron chi connectivity index (χ4n) is 0.806. The summed E-state index contributed by atoms with van der Waals surface area (Å²) in [7, 11) is 0. The Balaban J connectivity index is 2.53. The maximum Gasteiger partial charge on any atom is 0.124 e. The number of nitriles is 1. The Hall–Kier alpha value is -0.880. The molecule has 0 atom stereocenters. The van der Waals surface area contributed by atoms with Gasteiger partial charge in [0.15, 0.2) is 0 Å². The molecule has 0 fully saturated rings. The normalized spacial score (nSPS) is 9.45. The number of hydrogen-bond acceptors (Lipinski definition) is 3. The van der Waals surface area contributed by atoms with Gasteiger partial charge in [-0.15, -0.1) is 11.3 Å². The minimum Gasteiger partial charge on any atom is -0.248 e. The topological polar surface area (TPSA) is 36.7 Å². The lowest BCUT2D eigenvalue weighted by Crippen LogP contribution is -1.80. The summed E-state index contributed by atoms with van der Waals surface area (Å²) in [6.45, 7) is 2.15. The largest absolute Gasteiger partial charge is 0.248 e. The minimum absolute atomic E-state index is 0.719. The smallest absolute Gasteiger partial charge is 0.124 e. The Bertz CT molecular complexity index is 259. The molecule has 0 bridgehead atoms. The molecular formula is C8H10N2S. The number of nitrogens with zero attached hydrogens (tertiary/aromatic N) is 2. The highest BCUT2D eigenvalue weighted by Crippen LogP contribution is 2.13. The van der Waals surface area contributed by atoms with Gasteiger partial charge in [0.25, 0.3) is 0 Å². The van der Waals surface area contributed by atoms with Gasteiger partial charge in [-0.2, -0.15) is 5.26 Å². The van der Waals surface area contributed by atoms with Crippen LogP contribution < -0.4 is 0 Å². The SMILES string of the molecule is CCCCc1ncc(C#N)s1. The Morgan fingerprint density at radius 1 is 1.73 bits per heavy atom. The zero-order valence-electron chi connectivity index (χ0n) is 6.50. The van der Waals surface area contributed by atoms with Gasteiger partial charge in [0.1, 0.15) is 10.9 Å². The average Bonchev–Trinajstić information content (AvgIpc) is 2.48. The Kier molecular flexibility index (Phi) is 3.06. The molecular weight excluding hydrogens is 156 g/mol. The first-order valence-electron chi connectivity index (χ1n) is 3.71. The quantitative estimate of drug-likeness (QED) is 0.691. The van der Waals surface area contributed by atoms with Gasteiger partial charge < -0.3 is 0 Å². The van der Waals surface area contributed by atoms with E-state index in [-0.39, 0.29) is 0 Å². The van der Waals surface area contributed by atoms with Gasteiger partial charge in [-0.3, -0.25) is 0 Å². The number of aryl methyl sites for hydroxylation is 1. The van der Waals surface area contributed by atoms with Crippen LogP contribution in [0.3, 0.4) is 0 Å². The average molecular weight is 166 g/mol. The van der Waals surface area contributed by atoms with Crippen molar-refractivity contribution in [2.24, 2.45) is 0 Å². The van der Waals surface area contributed by atoms with E-state index in [1.165, 1.54) is 24.2 Å². The van der Waals surface area contributed by atoms with E-state index in [1.54, 1.807) is 6.20 Å². The highest BCUT2D eigenvalue weighted by molar-refractivity contribution is 7.12. The molecule has 1 rings (SSSR count). The first-order chi connectivity index (χ1) is 5.36. The van der Waals surface area contributed by atoms with Crippen molar-refractivity contribution < 1.29 is 0 Å². The highest BCUT2D eigenvalue weighted by atomic mass is 32.1. The Morgan fingerprint density at radius 3 is 3.09 bits per heavy atom. The lowest BCUT2D eigenvalue weighted by Gasteiger charge is -1.89. The number of unbranched alkanes of at least 4 members (excludes halogenated alkanes) is 1. The zero-order valence-corrected chi connectivity index (χ0v) is 7.32. The predicted octanol–water partition coefficient (Wildman–Crippen LogP) is 2.36. The van der Waals surface area contributed by atoms with Crippen LogP contribution in [0.5, 0.6) is 0 Å². The molecule has 58 valence electrons. The van der Waals surface area contributed by atoms with Crippen molar-refractivity contribution in [1.82, 2.24) is 4.98 Å². The van der Waals surface area contributed by atoms with Crippen LogP contribution in [0.2, 0.25) is 0 Å². The molecule has 0 unspecified atom stereocenters. The Labute approximate surface area is 70.5 Å². The van der Waals surface area contributed by atoms with Gasteiger partial charge in [0.05, 0.1) is 11.2 Å². The second-order valence-corrected chi connectivity index (χ2v) is 3.45. The van der Waals surface area contributed by atoms with Crippen LogP contribution in [-0.2, 0) is 6.42 Å². The maximum atomic E-state index is 8.50. The van der Waals surface area contributed by atoms with Crippen LogP contribution >= 0.6 is 11.3 Å². The van der Waals surface area contributed by atoms with E-state index in [0.717, 1.165) is 16.3 Å². The van der Waals surface area contributed by atoms with Crippen LogP contribution in [0.15, 0.2) is 6.20 Å². The number of aromatic nitrogens is 1. The molecule has 1 aromatic heterocycles. The van der Waals surface area contributed by atoms with Crippen LogP contribution in [0.1, 0.15) is 29.7 Å². The van der Waals surface area contributed by atoms with Gasteiger partial charge >= 0.3 is 0 Å². The molecule has 1 aromatic rings. The van der Waals surface area contributed by atoms with E-state index in [2.05, 4.69) is 18.0 Å². The summed E-state index contributed by atoms with van der Waals surface area (Å²) in [6, 6.07) is 2.08. The number of hydrogen-bond donors (Lipinski definition) is 0. The fourth-order valence-corrected chi connectivity index (χ4v) is 1.56. The molecule has 0 aliphatic carbocycles. The summed E-state index contributed by atoms with van der Waals surface area (Å²) >= 11 is 1.50. The number of thiazole rings is 1. The molecule has 0 aromatic carbocycles. The summed E-state index contributed by atoms with van der Waals surface area (Å²) in [6.07, 6.45) is 5.01. The van der Waals surface area contributed by atoms with E-state index in [9.17, 15) is 0 Å². The molecule has 0 N–H and O–H groups in total. The molecule has 0 saturated carbocycles.